The second-order valence-corrected chi connectivity index (χ2v) is 5.73. The van der Waals surface area contributed by atoms with Gasteiger partial charge in [0.05, 0.1) is 12.3 Å². The van der Waals surface area contributed by atoms with Crippen LogP contribution in [0.4, 0.5) is 0 Å². The Morgan fingerprint density at radius 1 is 1.12 bits per heavy atom. The van der Waals surface area contributed by atoms with Gasteiger partial charge in [-0.3, -0.25) is 9.78 Å². The predicted octanol–water partition coefficient (Wildman–Crippen LogP) is 4.15. The zero-order valence-corrected chi connectivity index (χ0v) is 13.6. The number of nitrogens with zero attached hydrogens (tertiary/aromatic N) is 1. The van der Waals surface area contributed by atoms with E-state index in [-0.39, 0.29) is 11.9 Å². The molecule has 0 aliphatic rings. The Balaban J connectivity index is 1.56. The normalized spacial score (nSPS) is 11.9. The van der Waals surface area contributed by atoms with Crippen LogP contribution in [-0.2, 0) is 11.2 Å². The maximum Gasteiger partial charge on any atom is 0.220 e. The Hall–Kier alpha value is -2.88. The highest BCUT2D eigenvalue weighted by atomic mass is 16.3. The van der Waals surface area contributed by atoms with Crippen LogP contribution < -0.4 is 5.32 Å². The summed E-state index contributed by atoms with van der Waals surface area (Å²) >= 11 is 0. The van der Waals surface area contributed by atoms with Gasteiger partial charge in [0.25, 0.3) is 0 Å². The van der Waals surface area contributed by atoms with E-state index in [0.29, 0.717) is 12.8 Å². The van der Waals surface area contributed by atoms with Crippen LogP contribution in [0.3, 0.4) is 0 Å². The predicted molar refractivity (Wildman–Crippen MR) is 93.3 cm³/mol. The highest BCUT2D eigenvalue weighted by Crippen LogP contribution is 2.21. The molecule has 0 aliphatic carbocycles. The number of rotatable bonds is 6. The molecule has 3 aromatic rings. The number of pyridine rings is 1. The van der Waals surface area contributed by atoms with Crippen molar-refractivity contribution >= 4 is 5.91 Å². The summed E-state index contributed by atoms with van der Waals surface area (Å²) in [5, 5.41) is 3.02. The minimum Gasteiger partial charge on any atom is -0.469 e. The highest BCUT2D eigenvalue weighted by Gasteiger charge is 2.10. The molecule has 0 saturated carbocycles. The number of aromatic nitrogens is 1. The molecule has 24 heavy (non-hydrogen) atoms. The standard InChI is InChI=1S/C20H20N2O2/c1-15(22-20(23)11-10-19-5-3-13-24-19)16-6-8-17(9-7-16)18-4-2-12-21-14-18/h2-9,12-15H,10-11H2,1H3,(H,22,23)/t15-/m1/s1. The molecule has 0 radical (unpaired) electrons. The summed E-state index contributed by atoms with van der Waals surface area (Å²) < 4.78 is 5.24. The fourth-order valence-electron chi connectivity index (χ4n) is 2.59. The number of carbonyl (C=O) groups is 1. The molecule has 2 heterocycles. The van der Waals surface area contributed by atoms with E-state index in [1.807, 2.05) is 49.5 Å². The van der Waals surface area contributed by atoms with Crippen LogP contribution in [0.1, 0.15) is 30.7 Å². The molecular weight excluding hydrogens is 300 g/mol. The molecule has 0 spiro atoms. The molecule has 1 atom stereocenters. The van der Waals surface area contributed by atoms with E-state index in [1.165, 1.54) is 0 Å². The number of hydrogen-bond donors (Lipinski definition) is 1. The molecule has 2 aromatic heterocycles. The van der Waals surface area contributed by atoms with Crippen molar-refractivity contribution in [2.75, 3.05) is 0 Å². The Labute approximate surface area is 141 Å². The van der Waals surface area contributed by atoms with E-state index in [1.54, 1.807) is 12.5 Å². The zero-order valence-electron chi connectivity index (χ0n) is 13.6. The number of furan rings is 1. The van der Waals surface area contributed by atoms with E-state index in [9.17, 15) is 4.79 Å². The highest BCUT2D eigenvalue weighted by molar-refractivity contribution is 5.76. The molecule has 4 heteroatoms. The van der Waals surface area contributed by atoms with E-state index < -0.39 is 0 Å². The van der Waals surface area contributed by atoms with E-state index >= 15 is 0 Å². The quantitative estimate of drug-likeness (QED) is 0.742. The van der Waals surface area contributed by atoms with Gasteiger partial charge in [0, 0.05) is 25.2 Å². The molecule has 122 valence electrons. The van der Waals surface area contributed by atoms with Crippen LogP contribution in [0.15, 0.2) is 71.6 Å². The van der Waals surface area contributed by atoms with Crippen LogP contribution >= 0.6 is 0 Å². The lowest BCUT2D eigenvalue weighted by molar-refractivity contribution is -0.121. The van der Waals surface area contributed by atoms with E-state index in [2.05, 4.69) is 22.4 Å². The summed E-state index contributed by atoms with van der Waals surface area (Å²) in [5.41, 5.74) is 3.27. The summed E-state index contributed by atoms with van der Waals surface area (Å²) in [6, 6.07) is 15.8. The Kier molecular flexibility index (Phi) is 5.06. The maximum absolute atomic E-state index is 12.0. The van der Waals surface area contributed by atoms with Crippen molar-refractivity contribution in [2.45, 2.75) is 25.8 Å². The second-order valence-electron chi connectivity index (χ2n) is 5.73. The van der Waals surface area contributed by atoms with Gasteiger partial charge in [-0.05, 0) is 41.8 Å². The van der Waals surface area contributed by atoms with Gasteiger partial charge in [0.2, 0.25) is 5.91 Å². The van der Waals surface area contributed by atoms with Crippen molar-refractivity contribution in [3.8, 4) is 11.1 Å². The average molecular weight is 320 g/mol. The van der Waals surface area contributed by atoms with Crippen LogP contribution in [0.25, 0.3) is 11.1 Å². The summed E-state index contributed by atoms with van der Waals surface area (Å²) in [6.45, 7) is 1.99. The number of amides is 1. The van der Waals surface area contributed by atoms with Crippen LogP contribution in [0, 0.1) is 0 Å². The molecule has 0 saturated heterocycles. The maximum atomic E-state index is 12.0. The third kappa shape index (κ3) is 4.10. The third-order valence-electron chi connectivity index (χ3n) is 3.96. The molecule has 4 nitrogen and oxygen atoms in total. The largest absolute Gasteiger partial charge is 0.469 e. The van der Waals surface area contributed by atoms with Gasteiger partial charge < -0.3 is 9.73 Å². The molecule has 1 amide bonds. The summed E-state index contributed by atoms with van der Waals surface area (Å²) in [6.07, 6.45) is 6.27. The van der Waals surface area contributed by atoms with Crippen molar-refractivity contribution < 1.29 is 9.21 Å². The van der Waals surface area contributed by atoms with Crippen LogP contribution in [0.2, 0.25) is 0 Å². The van der Waals surface area contributed by atoms with Crippen LogP contribution in [-0.4, -0.2) is 10.9 Å². The lowest BCUT2D eigenvalue weighted by Crippen LogP contribution is -2.26. The van der Waals surface area contributed by atoms with Crippen molar-refractivity contribution in [2.24, 2.45) is 0 Å². The van der Waals surface area contributed by atoms with Crippen LogP contribution in [0.5, 0.6) is 0 Å². The molecule has 1 aromatic carbocycles. The molecule has 0 fully saturated rings. The first kappa shape index (κ1) is 16.0. The first-order valence-electron chi connectivity index (χ1n) is 8.04. The van der Waals surface area contributed by atoms with Gasteiger partial charge in [-0.15, -0.1) is 0 Å². The van der Waals surface area contributed by atoms with E-state index in [0.717, 1.165) is 22.5 Å². The second kappa shape index (κ2) is 7.59. The number of nitrogens with one attached hydrogen (secondary N) is 1. The Morgan fingerprint density at radius 2 is 1.96 bits per heavy atom. The number of hydrogen-bond acceptors (Lipinski definition) is 3. The molecule has 0 aliphatic heterocycles. The lowest BCUT2D eigenvalue weighted by Gasteiger charge is -2.15. The minimum absolute atomic E-state index is 0.0234. The minimum atomic E-state index is -0.0305. The summed E-state index contributed by atoms with van der Waals surface area (Å²) in [7, 11) is 0. The first-order valence-corrected chi connectivity index (χ1v) is 8.04. The smallest absolute Gasteiger partial charge is 0.220 e. The zero-order chi connectivity index (χ0) is 16.8. The van der Waals surface area contributed by atoms with Gasteiger partial charge >= 0.3 is 0 Å². The lowest BCUT2D eigenvalue weighted by atomic mass is 10.0. The summed E-state index contributed by atoms with van der Waals surface area (Å²) in [5.74, 6) is 0.855. The van der Waals surface area contributed by atoms with Gasteiger partial charge in [-0.25, -0.2) is 0 Å². The monoisotopic (exact) mass is 320 g/mol. The van der Waals surface area contributed by atoms with Crippen molar-refractivity contribution in [3.05, 3.63) is 78.5 Å². The van der Waals surface area contributed by atoms with Crippen molar-refractivity contribution in [1.29, 1.82) is 0 Å². The molecule has 0 bridgehead atoms. The fraction of sp³-hybridized carbons (Fsp3) is 0.200. The van der Waals surface area contributed by atoms with Gasteiger partial charge in [0.1, 0.15) is 5.76 Å². The van der Waals surface area contributed by atoms with Gasteiger partial charge in [-0.1, -0.05) is 30.3 Å². The van der Waals surface area contributed by atoms with Crippen molar-refractivity contribution in [3.63, 3.8) is 0 Å². The molecule has 3 rings (SSSR count). The number of aryl methyl sites for hydroxylation is 1. The number of benzene rings is 1. The van der Waals surface area contributed by atoms with Gasteiger partial charge in [-0.2, -0.15) is 0 Å². The first-order chi connectivity index (χ1) is 11.7. The Bertz CT molecular complexity index is 765. The van der Waals surface area contributed by atoms with Gasteiger partial charge in [0.15, 0.2) is 0 Å². The topological polar surface area (TPSA) is 55.1 Å². The van der Waals surface area contributed by atoms with E-state index in [4.69, 9.17) is 4.42 Å². The fourth-order valence-corrected chi connectivity index (χ4v) is 2.59. The average Bonchev–Trinajstić information content (AvgIpc) is 3.14. The Morgan fingerprint density at radius 3 is 2.62 bits per heavy atom. The third-order valence-corrected chi connectivity index (χ3v) is 3.96. The molecule has 1 N–H and O–H groups in total. The number of carbonyl (C=O) groups excluding carboxylic acids is 1. The summed E-state index contributed by atoms with van der Waals surface area (Å²) in [4.78, 5) is 16.2. The SMILES string of the molecule is C[C@@H](NC(=O)CCc1ccco1)c1ccc(-c2cccnc2)cc1. The molecule has 0 unspecified atom stereocenters. The molecular formula is C20H20N2O2. The van der Waals surface area contributed by atoms with Crippen molar-refractivity contribution in [1.82, 2.24) is 10.3 Å².